The molecule has 1 fully saturated rings. The highest BCUT2D eigenvalue weighted by Gasteiger charge is 2.21. The zero-order valence-corrected chi connectivity index (χ0v) is 20.6. The molecule has 182 valence electrons. The zero-order valence-electron chi connectivity index (χ0n) is 20.6. The van der Waals surface area contributed by atoms with Crippen molar-refractivity contribution in [3.05, 3.63) is 65.3 Å². The van der Waals surface area contributed by atoms with Gasteiger partial charge in [-0.15, -0.1) is 0 Å². The van der Waals surface area contributed by atoms with Gasteiger partial charge in [0.15, 0.2) is 5.78 Å². The lowest BCUT2D eigenvalue weighted by Crippen LogP contribution is -2.33. The maximum absolute atomic E-state index is 13.7. The standard InChI is InChI=1S/C30H39NO3/c1-2-3-4-6-9-23-10-11-25-22-26(32)14-17-28(25)29(23)30(33)24-12-15-27(16-13-24)34-21-20-31-18-7-5-8-19-31/h10-15,17,22,27,32H,2-9,16,18-21H2,1H3. The first kappa shape index (κ1) is 24.7. The number of Topliss-reactive ketones (excluding diaryl/α,β-unsaturated/α-hetero) is 1. The van der Waals surface area contributed by atoms with Gasteiger partial charge in [0.05, 0.1) is 12.7 Å². The molecule has 0 saturated carbocycles. The van der Waals surface area contributed by atoms with Gasteiger partial charge in [0.1, 0.15) is 5.75 Å². The van der Waals surface area contributed by atoms with Gasteiger partial charge in [0, 0.05) is 17.7 Å². The van der Waals surface area contributed by atoms with Crippen molar-refractivity contribution in [3.63, 3.8) is 0 Å². The molecule has 2 aromatic carbocycles. The number of carbonyl (C=O) groups is 1. The van der Waals surface area contributed by atoms with Gasteiger partial charge in [-0.2, -0.15) is 0 Å². The number of ketones is 1. The van der Waals surface area contributed by atoms with Crippen molar-refractivity contribution in [2.45, 2.75) is 70.8 Å². The van der Waals surface area contributed by atoms with Gasteiger partial charge in [-0.05, 0) is 79.7 Å². The summed E-state index contributed by atoms with van der Waals surface area (Å²) < 4.78 is 6.09. The fraction of sp³-hybridized carbons (Fsp3) is 0.500. The molecule has 0 amide bonds. The largest absolute Gasteiger partial charge is 0.508 e. The molecule has 1 atom stereocenters. The number of rotatable bonds is 11. The Morgan fingerprint density at radius 1 is 1.09 bits per heavy atom. The summed E-state index contributed by atoms with van der Waals surface area (Å²) in [5.74, 6) is 0.299. The molecule has 1 heterocycles. The summed E-state index contributed by atoms with van der Waals surface area (Å²) in [7, 11) is 0. The van der Waals surface area contributed by atoms with Gasteiger partial charge in [-0.25, -0.2) is 0 Å². The molecule has 4 nitrogen and oxygen atoms in total. The van der Waals surface area contributed by atoms with Crippen molar-refractivity contribution in [2.24, 2.45) is 0 Å². The van der Waals surface area contributed by atoms with Crippen LogP contribution in [0.2, 0.25) is 0 Å². The predicted octanol–water partition coefficient (Wildman–Crippen LogP) is 6.61. The summed E-state index contributed by atoms with van der Waals surface area (Å²) in [6.07, 6.45) is 16.3. The van der Waals surface area contributed by atoms with Crippen LogP contribution in [0.1, 0.15) is 74.2 Å². The monoisotopic (exact) mass is 461 g/mol. The second-order valence-corrected chi connectivity index (χ2v) is 9.71. The second-order valence-electron chi connectivity index (χ2n) is 9.71. The highest BCUT2D eigenvalue weighted by atomic mass is 16.5. The average Bonchev–Trinajstić information content (AvgIpc) is 2.87. The number of nitrogens with zero attached hydrogens (tertiary/aromatic N) is 1. The van der Waals surface area contributed by atoms with Gasteiger partial charge in [0.2, 0.25) is 0 Å². The Labute approximate surface area is 204 Å². The van der Waals surface area contributed by atoms with Crippen molar-refractivity contribution in [1.82, 2.24) is 4.90 Å². The van der Waals surface area contributed by atoms with Crippen molar-refractivity contribution >= 4 is 16.6 Å². The van der Waals surface area contributed by atoms with Crippen LogP contribution in [0, 0.1) is 0 Å². The van der Waals surface area contributed by atoms with E-state index in [0.717, 1.165) is 59.9 Å². The van der Waals surface area contributed by atoms with Crippen molar-refractivity contribution in [1.29, 1.82) is 0 Å². The Morgan fingerprint density at radius 2 is 1.94 bits per heavy atom. The van der Waals surface area contributed by atoms with Gasteiger partial charge in [0.25, 0.3) is 0 Å². The van der Waals surface area contributed by atoms with E-state index in [1.807, 2.05) is 30.4 Å². The molecule has 2 aliphatic rings. The van der Waals surface area contributed by atoms with Gasteiger partial charge < -0.3 is 14.7 Å². The van der Waals surface area contributed by atoms with Crippen LogP contribution in [0.25, 0.3) is 10.8 Å². The molecule has 4 rings (SSSR count). The van der Waals surface area contributed by atoms with Crippen molar-refractivity contribution in [2.75, 3.05) is 26.2 Å². The molecule has 0 bridgehead atoms. The molecule has 0 spiro atoms. The Kier molecular flexibility index (Phi) is 8.95. The Hall–Kier alpha value is -2.43. The lowest BCUT2D eigenvalue weighted by atomic mass is 9.88. The normalized spacial score (nSPS) is 18.9. The molecule has 34 heavy (non-hydrogen) atoms. The molecule has 0 aromatic heterocycles. The molecule has 1 aliphatic heterocycles. The zero-order chi connectivity index (χ0) is 23.8. The van der Waals surface area contributed by atoms with Crippen molar-refractivity contribution in [3.8, 4) is 5.75 Å². The SMILES string of the molecule is CCCCCCc1ccc2cc(O)ccc2c1C(=O)C1=CCC(OCCN2CCCCC2)C=C1. The number of fused-ring (bicyclic) bond motifs is 1. The Morgan fingerprint density at radius 3 is 2.71 bits per heavy atom. The van der Waals surface area contributed by atoms with E-state index >= 15 is 0 Å². The van der Waals surface area contributed by atoms with E-state index < -0.39 is 0 Å². The van der Waals surface area contributed by atoms with Gasteiger partial charge >= 0.3 is 0 Å². The Balaban J connectivity index is 1.44. The maximum atomic E-state index is 13.7. The molecular formula is C30H39NO3. The number of hydrogen-bond donors (Lipinski definition) is 1. The van der Waals surface area contributed by atoms with Crippen molar-refractivity contribution < 1.29 is 14.6 Å². The van der Waals surface area contributed by atoms with Crippen LogP contribution in [-0.2, 0) is 11.2 Å². The smallest absolute Gasteiger partial charge is 0.193 e. The van der Waals surface area contributed by atoms with E-state index in [1.165, 1.54) is 51.6 Å². The highest BCUT2D eigenvalue weighted by Crippen LogP contribution is 2.30. The number of phenolic OH excluding ortho intramolecular Hbond substituents is 1. The first-order chi connectivity index (χ1) is 16.7. The van der Waals surface area contributed by atoms with Crippen LogP contribution in [0.15, 0.2) is 54.1 Å². The third kappa shape index (κ3) is 6.37. The minimum Gasteiger partial charge on any atom is -0.508 e. The summed E-state index contributed by atoms with van der Waals surface area (Å²) in [5, 5.41) is 11.8. The predicted molar refractivity (Wildman–Crippen MR) is 140 cm³/mol. The van der Waals surface area contributed by atoms with Crippen LogP contribution in [0.4, 0.5) is 0 Å². The quantitative estimate of drug-likeness (QED) is 0.302. The summed E-state index contributed by atoms with van der Waals surface area (Å²) in [6, 6.07) is 9.40. The van der Waals surface area contributed by atoms with E-state index in [2.05, 4.69) is 17.9 Å². The number of carbonyl (C=O) groups excluding carboxylic acids is 1. The number of allylic oxidation sites excluding steroid dienone is 2. The van der Waals surface area contributed by atoms with E-state index in [0.29, 0.717) is 0 Å². The third-order valence-electron chi connectivity index (χ3n) is 7.13. The van der Waals surface area contributed by atoms with Crippen LogP contribution >= 0.6 is 0 Å². The van der Waals surface area contributed by atoms with E-state index in [4.69, 9.17) is 4.74 Å². The molecule has 1 unspecified atom stereocenters. The number of aromatic hydroxyl groups is 1. The number of hydrogen-bond acceptors (Lipinski definition) is 4. The topological polar surface area (TPSA) is 49.8 Å². The van der Waals surface area contributed by atoms with Crippen LogP contribution in [-0.4, -0.2) is 48.1 Å². The molecule has 1 aliphatic carbocycles. The molecule has 1 saturated heterocycles. The Bertz CT molecular complexity index is 1030. The molecule has 1 N–H and O–H groups in total. The molecular weight excluding hydrogens is 422 g/mol. The molecule has 0 radical (unpaired) electrons. The second kappa shape index (κ2) is 12.3. The number of piperidine rings is 1. The lowest BCUT2D eigenvalue weighted by molar-refractivity contribution is 0.0609. The van der Waals surface area contributed by atoms with E-state index in [1.54, 1.807) is 12.1 Å². The van der Waals surface area contributed by atoms with Gasteiger partial charge in [-0.3, -0.25) is 4.79 Å². The summed E-state index contributed by atoms with van der Waals surface area (Å²) >= 11 is 0. The minimum atomic E-state index is 0.0410. The van der Waals surface area contributed by atoms with E-state index in [9.17, 15) is 9.90 Å². The third-order valence-corrected chi connectivity index (χ3v) is 7.13. The minimum absolute atomic E-state index is 0.0410. The molecule has 2 aromatic rings. The first-order valence-corrected chi connectivity index (χ1v) is 13.2. The number of ether oxygens (including phenoxy) is 1. The number of aryl methyl sites for hydroxylation is 1. The highest BCUT2D eigenvalue weighted by molar-refractivity contribution is 6.18. The van der Waals surface area contributed by atoms with Crippen LogP contribution in [0.5, 0.6) is 5.75 Å². The number of unbranched alkanes of at least 4 members (excludes halogenated alkanes) is 3. The van der Waals surface area contributed by atoms with Gasteiger partial charge in [-0.1, -0.05) is 63.0 Å². The fourth-order valence-corrected chi connectivity index (χ4v) is 5.13. The summed E-state index contributed by atoms with van der Waals surface area (Å²) in [6.45, 7) is 6.31. The maximum Gasteiger partial charge on any atom is 0.193 e. The van der Waals surface area contributed by atoms with E-state index in [-0.39, 0.29) is 17.6 Å². The number of benzene rings is 2. The summed E-state index contributed by atoms with van der Waals surface area (Å²) in [5.41, 5.74) is 2.63. The first-order valence-electron chi connectivity index (χ1n) is 13.2. The average molecular weight is 462 g/mol. The summed E-state index contributed by atoms with van der Waals surface area (Å²) in [4.78, 5) is 16.2. The van der Waals surface area contributed by atoms with Crippen LogP contribution in [0.3, 0.4) is 0 Å². The molecule has 4 heteroatoms. The lowest BCUT2D eigenvalue weighted by Gasteiger charge is -2.27. The van der Waals surface area contributed by atoms with Crippen LogP contribution < -0.4 is 0 Å². The number of likely N-dealkylation sites (tertiary alicyclic amines) is 1. The fourth-order valence-electron chi connectivity index (χ4n) is 5.13. The number of phenols is 1.